The summed E-state index contributed by atoms with van der Waals surface area (Å²) in [4.78, 5) is 11.4. The number of aryl methyl sites for hydroxylation is 3. The second-order valence-electron chi connectivity index (χ2n) is 7.23. The minimum Gasteiger partial charge on any atom is -0.339 e. The van der Waals surface area contributed by atoms with E-state index in [1.165, 1.54) is 37.9 Å². The van der Waals surface area contributed by atoms with Crippen molar-refractivity contribution in [2.45, 2.75) is 44.4 Å². The summed E-state index contributed by atoms with van der Waals surface area (Å²) in [5, 5.41) is 4.03. The highest BCUT2D eigenvalue weighted by molar-refractivity contribution is 5.17. The molecule has 4 rings (SSSR count). The average molecular weight is 315 g/mol. The molecule has 0 amide bonds. The van der Waals surface area contributed by atoms with Crippen molar-refractivity contribution in [3.05, 3.63) is 29.9 Å². The lowest BCUT2D eigenvalue weighted by atomic mass is 9.80. The fraction of sp³-hybridized carbons (Fsp3) is 0.706. The Morgan fingerprint density at radius 2 is 2.35 bits per heavy atom. The zero-order valence-electron chi connectivity index (χ0n) is 14.0. The summed E-state index contributed by atoms with van der Waals surface area (Å²) in [6.45, 7) is 5.29. The number of aromatic nitrogens is 4. The van der Waals surface area contributed by atoms with Gasteiger partial charge in [-0.2, -0.15) is 4.98 Å². The van der Waals surface area contributed by atoms with Gasteiger partial charge in [-0.1, -0.05) is 11.6 Å². The molecule has 6 heteroatoms. The van der Waals surface area contributed by atoms with Gasteiger partial charge in [-0.3, -0.25) is 0 Å². The van der Waals surface area contributed by atoms with Gasteiger partial charge in [0.25, 0.3) is 0 Å². The van der Waals surface area contributed by atoms with Crippen LogP contribution in [-0.4, -0.2) is 44.2 Å². The first-order valence-electron chi connectivity index (χ1n) is 8.66. The van der Waals surface area contributed by atoms with Gasteiger partial charge < -0.3 is 14.0 Å². The van der Waals surface area contributed by atoms with Gasteiger partial charge >= 0.3 is 0 Å². The average Bonchev–Trinajstić information content (AvgIpc) is 3.24. The van der Waals surface area contributed by atoms with Crippen molar-refractivity contribution in [3.8, 4) is 0 Å². The fourth-order valence-corrected chi connectivity index (χ4v) is 4.52. The van der Waals surface area contributed by atoms with Gasteiger partial charge in [-0.05, 0) is 45.1 Å². The number of hydrogen-bond acceptors (Lipinski definition) is 5. The molecule has 1 saturated carbocycles. The minimum absolute atomic E-state index is 0.119. The quantitative estimate of drug-likeness (QED) is 0.845. The van der Waals surface area contributed by atoms with Crippen molar-refractivity contribution < 1.29 is 4.52 Å². The molecule has 2 aromatic rings. The molecule has 2 aliphatic rings. The summed E-state index contributed by atoms with van der Waals surface area (Å²) in [5.41, 5.74) is 1.43. The Kier molecular flexibility index (Phi) is 3.71. The smallest absolute Gasteiger partial charge is 0.234 e. The zero-order valence-corrected chi connectivity index (χ0v) is 14.0. The van der Waals surface area contributed by atoms with Crippen LogP contribution >= 0.6 is 0 Å². The highest BCUT2D eigenvalue weighted by Crippen LogP contribution is 2.49. The normalized spacial score (nSPS) is 27.7. The predicted octanol–water partition coefficient (Wildman–Crippen LogP) is 2.10. The van der Waals surface area contributed by atoms with Crippen molar-refractivity contribution in [2.75, 3.05) is 19.6 Å². The van der Waals surface area contributed by atoms with Crippen molar-refractivity contribution >= 4 is 0 Å². The monoisotopic (exact) mass is 315 g/mol. The van der Waals surface area contributed by atoms with Crippen molar-refractivity contribution in [1.82, 2.24) is 24.6 Å². The molecule has 0 bridgehead atoms. The Labute approximate surface area is 136 Å². The highest BCUT2D eigenvalue weighted by Gasteiger charge is 2.53. The van der Waals surface area contributed by atoms with E-state index in [2.05, 4.69) is 31.6 Å². The van der Waals surface area contributed by atoms with Gasteiger partial charge in [0.2, 0.25) is 5.89 Å². The lowest BCUT2D eigenvalue weighted by Gasteiger charge is -2.24. The van der Waals surface area contributed by atoms with Crippen LogP contribution in [0.4, 0.5) is 0 Å². The molecule has 1 aliphatic heterocycles. The van der Waals surface area contributed by atoms with Gasteiger partial charge in [0, 0.05) is 32.0 Å². The van der Waals surface area contributed by atoms with Crippen LogP contribution in [0.5, 0.6) is 0 Å². The molecule has 1 saturated heterocycles. The molecule has 0 N–H and O–H groups in total. The summed E-state index contributed by atoms with van der Waals surface area (Å²) in [6.07, 6.45) is 9.88. The van der Waals surface area contributed by atoms with Crippen LogP contribution in [0.25, 0.3) is 0 Å². The van der Waals surface area contributed by atoms with E-state index in [1.54, 1.807) is 0 Å². The lowest BCUT2D eigenvalue weighted by Crippen LogP contribution is -2.32. The Bertz CT molecular complexity index is 678. The van der Waals surface area contributed by atoms with Crippen molar-refractivity contribution in [1.29, 1.82) is 0 Å². The van der Waals surface area contributed by atoms with E-state index in [4.69, 9.17) is 4.52 Å². The number of hydrogen-bond donors (Lipinski definition) is 0. The minimum atomic E-state index is 0.119. The van der Waals surface area contributed by atoms with Crippen LogP contribution in [0, 0.1) is 12.8 Å². The number of likely N-dealkylation sites (tertiary alicyclic amines) is 1. The molecule has 23 heavy (non-hydrogen) atoms. The maximum atomic E-state index is 5.58. The summed E-state index contributed by atoms with van der Waals surface area (Å²) in [6, 6.07) is 0. The summed E-state index contributed by atoms with van der Waals surface area (Å²) >= 11 is 0. The van der Waals surface area contributed by atoms with E-state index in [-0.39, 0.29) is 5.41 Å². The number of nitrogens with zero attached hydrogens (tertiary/aromatic N) is 5. The predicted molar refractivity (Wildman–Crippen MR) is 86.0 cm³/mol. The molecule has 3 heterocycles. The van der Waals surface area contributed by atoms with Crippen LogP contribution in [0.15, 0.2) is 17.0 Å². The third kappa shape index (κ3) is 2.59. The van der Waals surface area contributed by atoms with Gasteiger partial charge in [0.05, 0.1) is 11.7 Å². The molecule has 2 atom stereocenters. The number of imidazole rings is 1. The van der Waals surface area contributed by atoms with Crippen LogP contribution < -0.4 is 0 Å². The molecule has 0 aromatic carbocycles. The topological polar surface area (TPSA) is 60.0 Å². The Balaban J connectivity index is 1.40. The van der Waals surface area contributed by atoms with Gasteiger partial charge in [-0.25, -0.2) is 4.98 Å². The first-order valence-corrected chi connectivity index (χ1v) is 8.66. The molecule has 124 valence electrons. The van der Waals surface area contributed by atoms with E-state index < -0.39 is 0 Å². The summed E-state index contributed by atoms with van der Waals surface area (Å²) in [5.74, 6) is 2.32. The highest BCUT2D eigenvalue weighted by atomic mass is 16.5. The van der Waals surface area contributed by atoms with Gasteiger partial charge in [-0.15, -0.1) is 0 Å². The van der Waals surface area contributed by atoms with Crippen LogP contribution in [-0.2, 0) is 18.9 Å². The summed E-state index contributed by atoms with van der Waals surface area (Å²) < 4.78 is 7.69. The third-order valence-electron chi connectivity index (χ3n) is 5.72. The Hall–Kier alpha value is -1.69. The number of rotatable bonds is 5. The van der Waals surface area contributed by atoms with Crippen LogP contribution in [0.1, 0.15) is 43.1 Å². The Morgan fingerprint density at radius 3 is 3.09 bits per heavy atom. The third-order valence-corrected chi connectivity index (χ3v) is 5.72. The van der Waals surface area contributed by atoms with Gasteiger partial charge in [0.1, 0.15) is 0 Å². The molecule has 0 unspecified atom stereocenters. The van der Waals surface area contributed by atoms with E-state index in [9.17, 15) is 0 Å². The zero-order chi connectivity index (χ0) is 15.9. The van der Waals surface area contributed by atoms with E-state index in [0.29, 0.717) is 5.92 Å². The molecule has 2 fully saturated rings. The van der Waals surface area contributed by atoms with E-state index in [0.717, 1.165) is 31.2 Å². The van der Waals surface area contributed by atoms with E-state index >= 15 is 0 Å². The standard InChI is InChI=1S/C17H25N5O/c1-13-19-16(23-20-13)17-7-3-5-14(17)10-22(11-17)8-4-6-15-9-18-12-21(15)2/h9,12,14H,3-8,10-11H2,1-2H3/t14-,17-/m0/s1. The molecular weight excluding hydrogens is 290 g/mol. The molecule has 1 aliphatic carbocycles. The maximum Gasteiger partial charge on any atom is 0.234 e. The largest absolute Gasteiger partial charge is 0.339 e. The fourth-order valence-electron chi connectivity index (χ4n) is 4.52. The maximum absolute atomic E-state index is 5.58. The molecule has 0 spiro atoms. The van der Waals surface area contributed by atoms with Crippen molar-refractivity contribution in [2.24, 2.45) is 13.0 Å². The van der Waals surface area contributed by atoms with Gasteiger partial charge in [0.15, 0.2) is 5.82 Å². The SMILES string of the molecule is Cc1noc([C@]23CCC[C@H]2CN(CCCc2cncn2C)C3)n1. The van der Waals surface area contributed by atoms with E-state index in [1.807, 2.05) is 19.4 Å². The molecular formula is C17H25N5O. The van der Waals surface area contributed by atoms with Crippen molar-refractivity contribution in [3.63, 3.8) is 0 Å². The van der Waals surface area contributed by atoms with Crippen LogP contribution in [0.3, 0.4) is 0 Å². The molecule has 0 radical (unpaired) electrons. The second-order valence-corrected chi connectivity index (χ2v) is 7.23. The van der Waals surface area contributed by atoms with Crippen LogP contribution in [0.2, 0.25) is 0 Å². The number of fused-ring (bicyclic) bond motifs is 1. The lowest BCUT2D eigenvalue weighted by molar-refractivity contribution is 0.246. The summed E-state index contributed by atoms with van der Waals surface area (Å²) in [7, 11) is 2.06. The molecule has 6 nitrogen and oxygen atoms in total. The first-order chi connectivity index (χ1) is 11.2. The second kappa shape index (κ2) is 5.74. The first kappa shape index (κ1) is 14.9. The Morgan fingerprint density at radius 1 is 1.43 bits per heavy atom. The molecule has 2 aromatic heterocycles.